The zero-order valence-corrected chi connectivity index (χ0v) is 14.3. The van der Waals surface area contributed by atoms with Crippen molar-refractivity contribution in [3.8, 4) is 11.5 Å². The maximum absolute atomic E-state index is 5.66. The fourth-order valence-electron chi connectivity index (χ4n) is 2.94. The number of benzene rings is 1. The highest BCUT2D eigenvalue weighted by Gasteiger charge is 2.25. The monoisotopic (exact) mass is 341 g/mol. The highest BCUT2D eigenvalue weighted by atomic mass is 79.9. The van der Waals surface area contributed by atoms with Gasteiger partial charge in [-0.05, 0) is 70.9 Å². The van der Waals surface area contributed by atoms with Gasteiger partial charge in [0.25, 0.3) is 0 Å². The minimum absolute atomic E-state index is 0.424. The summed E-state index contributed by atoms with van der Waals surface area (Å²) in [6.07, 6.45) is 2.32. The van der Waals surface area contributed by atoms with Gasteiger partial charge in [0.15, 0.2) is 0 Å². The summed E-state index contributed by atoms with van der Waals surface area (Å²) < 4.78 is 12.2. The highest BCUT2D eigenvalue weighted by Crippen LogP contribution is 2.46. The van der Waals surface area contributed by atoms with E-state index in [-0.39, 0.29) is 0 Å². The summed E-state index contributed by atoms with van der Waals surface area (Å²) in [5, 5.41) is 3.42. The quantitative estimate of drug-likeness (QED) is 0.895. The molecule has 1 aliphatic rings. The van der Waals surface area contributed by atoms with Crippen molar-refractivity contribution in [2.45, 2.75) is 38.5 Å². The SMILES string of the molecule is COc1c(C(C)C)cc(C2CCNCC2)c(OC)c1Br. The van der Waals surface area contributed by atoms with Crippen LogP contribution >= 0.6 is 15.9 Å². The minimum atomic E-state index is 0.424. The Morgan fingerprint density at radius 2 is 1.75 bits per heavy atom. The van der Waals surface area contributed by atoms with E-state index in [4.69, 9.17) is 9.47 Å². The molecule has 0 radical (unpaired) electrons. The average Bonchev–Trinajstić information content (AvgIpc) is 2.46. The summed E-state index contributed by atoms with van der Waals surface area (Å²) in [5.74, 6) is 2.81. The molecule has 20 heavy (non-hydrogen) atoms. The molecule has 0 aliphatic carbocycles. The van der Waals surface area contributed by atoms with Crippen LogP contribution in [0.5, 0.6) is 11.5 Å². The summed E-state index contributed by atoms with van der Waals surface area (Å²) in [5.41, 5.74) is 2.55. The molecule has 1 aromatic carbocycles. The lowest BCUT2D eigenvalue weighted by Gasteiger charge is -2.27. The van der Waals surface area contributed by atoms with Gasteiger partial charge in [0.2, 0.25) is 0 Å². The molecular formula is C16H24BrNO2. The van der Waals surface area contributed by atoms with Crippen molar-refractivity contribution in [1.29, 1.82) is 0 Å². The Morgan fingerprint density at radius 1 is 1.15 bits per heavy atom. The first kappa shape index (κ1) is 15.6. The van der Waals surface area contributed by atoms with E-state index in [1.165, 1.54) is 11.1 Å². The van der Waals surface area contributed by atoms with Gasteiger partial charge >= 0.3 is 0 Å². The van der Waals surface area contributed by atoms with Crippen LogP contribution in [0.2, 0.25) is 0 Å². The Morgan fingerprint density at radius 3 is 2.25 bits per heavy atom. The molecule has 1 heterocycles. The molecule has 0 aromatic heterocycles. The summed E-state index contributed by atoms with van der Waals surface area (Å²) in [4.78, 5) is 0. The Kier molecular flexibility index (Phi) is 5.33. The first-order chi connectivity index (χ1) is 9.60. The second kappa shape index (κ2) is 6.81. The van der Waals surface area contributed by atoms with Crippen molar-refractivity contribution in [2.24, 2.45) is 0 Å². The van der Waals surface area contributed by atoms with Crippen molar-refractivity contribution < 1.29 is 9.47 Å². The molecule has 0 bridgehead atoms. The lowest BCUT2D eigenvalue weighted by molar-refractivity contribution is 0.372. The Balaban J connectivity index is 2.54. The normalized spacial score (nSPS) is 16.5. The zero-order chi connectivity index (χ0) is 14.7. The smallest absolute Gasteiger partial charge is 0.140 e. The number of ether oxygens (including phenoxy) is 2. The van der Waals surface area contributed by atoms with Gasteiger partial charge in [-0.15, -0.1) is 0 Å². The number of nitrogens with one attached hydrogen (secondary N) is 1. The molecule has 4 heteroatoms. The largest absolute Gasteiger partial charge is 0.495 e. The van der Waals surface area contributed by atoms with E-state index in [0.717, 1.165) is 41.9 Å². The van der Waals surface area contributed by atoms with E-state index in [1.54, 1.807) is 14.2 Å². The number of methoxy groups -OCH3 is 2. The summed E-state index contributed by atoms with van der Waals surface area (Å²) in [7, 11) is 3.45. The van der Waals surface area contributed by atoms with Gasteiger partial charge in [-0.25, -0.2) is 0 Å². The van der Waals surface area contributed by atoms with Crippen LogP contribution in [0.15, 0.2) is 10.5 Å². The molecule has 0 atom stereocenters. The van der Waals surface area contributed by atoms with E-state index in [2.05, 4.69) is 41.2 Å². The van der Waals surface area contributed by atoms with E-state index in [1.807, 2.05) is 0 Å². The topological polar surface area (TPSA) is 30.5 Å². The van der Waals surface area contributed by atoms with Gasteiger partial charge in [0, 0.05) is 0 Å². The maximum Gasteiger partial charge on any atom is 0.140 e. The molecule has 1 aliphatic heterocycles. The van der Waals surface area contributed by atoms with E-state index in [0.29, 0.717) is 11.8 Å². The molecule has 112 valence electrons. The van der Waals surface area contributed by atoms with Crippen molar-refractivity contribution in [3.05, 3.63) is 21.7 Å². The molecule has 0 unspecified atom stereocenters. The van der Waals surface area contributed by atoms with Crippen LogP contribution in [0.3, 0.4) is 0 Å². The van der Waals surface area contributed by atoms with Gasteiger partial charge < -0.3 is 14.8 Å². The van der Waals surface area contributed by atoms with Crippen LogP contribution in [-0.4, -0.2) is 27.3 Å². The van der Waals surface area contributed by atoms with E-state index in [9.17, 15) is 0 Å². The summed E-state index contributed by atoms with van der Waals surface area (Å²) >= 11 is 3.67. The minimum Gasteiger partial charge on any atom is -0.495 e. The van der Waals surface area contributed by atoms with E-state index < -0.39 is 0 Å². The highest BCUT2D eigenvalue weighted by molar-refractivity contribution is 9.10. The average molecular weight is 342 g/mol. The molecular weight excluding hydrogens is 318 g/mol. The molecule has 0 spiro atoms. The fourth-order valence-corrected chi connectivity index (χ4v) is 3.72. The van der Waals surface area contributed by atoms with Crippen molar-refractivity contribution in [3.63, 3.8) is 0 Å². The number of rotatable bonds is 4. The van der Waals surface area contributed by atoms with Gasteiger partial charge in [0.1, 0.15) is 16.0 Å². The molecule has 1 saturated heterocycles. The van der Waals surface area contributed by atoms with Crippen LogP contribution in [0, 0.1) is 0 Å². The number of hydrogen-bond acceptors (Lipinski definition) is 3. The number of piperidine rings is 1. The summed E-state index contributed by atoms with van der Waals surface area (Å²) in [6.45, 7) is 6.55. The Labute approximate surface area is 130 Å². The first-order valence-corrected chi connectivity index (χ1v) is 8.04. The van der Waals surface area contributed by atoms with Crippen molar-refractivity contribution >= 4 is 15.9 Å². The van der Waals surface area contributed by atoms with Crippen molar-refractivity contribution in [2.75, 3.05) is 27.3 Å². The van der Waals surface area contributed by atoms with Gasteiger partial charge in [-0.2, -0.15) is 0 Å². The fraction of sp³-hybridized carbons (Fsp3) is 0.625. The third-order valence-electron chi connectivity index (χ3n) is 4.04. The number of halogens is 1. The molecule has 1 aromatic rings. The molecule has 0 saturated carbocycles. The van der Waals surface area contributed by atoms with E-state index >= 15 is 0 Å². The van der Waals surface area contributed by atoms with Crippen LogP contribution < -0.4 is 14.8 Å². The molecule has 1 N–H and O–H groups in total. The zero-order valence-electron chi connectivity index (χ0n) is 12.8. The maximum atomic E-state index is 5.66. The molecule has 2 rings (SSSR count). The van der Waals surface area contributed by atoms with Crippen LogP contribution in [-0.2, 0) is 0 Å². The molecule has 1 fully saturated rings. The predicted molar refractivity (Wildman–Crippen MR) is 86.2 cm³/mol. The third kappa shape index (κ3) is 2.96. The lowest BCUT2D eigenvalue weighted by atomic mass is 9.86. The van der Waals surface area contributed by atoms with Crippen molar-refractivity contribution in [1.82, 2.24) is 5.32 Å². The second-order valence-corrected chi connectivity index (χ2v) is 6.41. The number of hydrogen-bond donors (Lipinski definition) is 1. The lowest BCUT2D eigenvalue weighted by Crippen LogP contribution is -2.27. The summed E-state index contributed by atoms with van der Waals surface area (Å²) in [6, 6.07) is 2.28. The van der Waals surface area contributed by atoms with Crippen LogP contribution in [0.4, 0.5) is 0 Å². The molecule has 0 amide bonds. The Hall–Kier alpha value is -0.740. The second-order valence-electron chi connectivity index (χ2n) is 5.61. The molecule has 3 nitrogen and oxygen atoms in total. The van der Waals surface area contributed by atoms with Gasteiger partial charge in [-0.1, -0.05) is 13.8 Å². The van der Waals surface area contributed by atoms with Gasteiger partial charge in [-0.3, -0.25) is 0 Å². The van der Waals surface area contributed by atoms with Crippen LogP contribution in [0.1, 0.15) is 49.7 Å². The predicted octanol–water partition coefficient (Wildman–Crippen LogP) is 4.06. The van der Waals surface area contributed by atoms with Gasteiger partial charge in [0.05, 0.1) is 14.2 Å². The first-order valence-electron chi connectivity index (χ1n) is 7.25. The van der Waals surface area contributed by atoms with Crippen LogP contribution in [0.25, 0.3) is 0 Å². The third-order valence-corrected chi connectivity index (χ3v) is 4.76. The Bertz CT molecular complexity index is 468. The standard InChI is InChI=1S/C16H24BrNO2/c1-10(2)12-9-13(11-5-7-18-8-6-11)16(20-4)14(17)15(12)19-3/h9-11,18H,5-8H2,1-4H3.